The molecule has 0 spiro atoms. The smallest absolute Gasteiger partial charge is 0.218 e. The summed E-state index contributed by atoms with van der Waals surface area (Å²) in [5.41, 5.74) is 0.873. The van der Waals surface area contributed by atoms with Gasteiger partial charge in [-0.2, -0.15) is 0 Å². The Kier molecular flexibility index (Phi) is 5.88. The van der Waals surface area contributed by atoms with Crippen LogP contribution >= 0.6 is 0 Å². The van der Waals surface area contributed by atoms with Crippen LogP contribution in [0, 0.1) is 11.6 Å². The van der Waals surface area contributed by atoms with Crippen molar-refractivity contribution < 1.29 is 25.6 Å². The molecule has 2 aromatic carbocycles. The Balaban J connectivity index is 2.22. The van der Waals surface area contributed by atoms with Crippen molar-refractivity contribution in [1.29, 1.82) is 0 Å². The van der Waals surface area contributed by atoms with Crippen molar-refractivity contribution in [2.45, 2.75) is 17.2 Å². The first kappa shape index (κ1) is 19.4. The fourth-order valence-electron chi connectivity index (χ4n) is 2.05. The van der Waals surface area contributed by atoms with E-state index in [1.807, 2.05) is 0 Å². The van der Waals surface area contributed by atoms with Gasteiger partial charge < -0.3 is 0 Å². The van der Waals surface area contributed by atoms with Crippen LogP contribution in [-0.4, -0.2) is 23.9 Å². The lowest BCUT2D eigenvalue weighted by Crippen LogP contribution is -2.25. The van der Waals surface area contributed by atoms with Crippen molar-refractivity contribution in [2.24, 2.45) is 0 Å². The van der Waals surface area contributed by atoms with E-state index in [-0.39, 0.29) is 12.3 Å². The van der Waals surface area contributed by atoms with Gasteiger partial charge >= 0.3 is 0 Å². The molecule has 0 amide bonds. The van der Waals surface area contributed by atoms with Crippen LogP contribution in [-0.2, 0) is 32.3 Å². The second kappa shape index (κ2) is 7.56. The van der Waals surface area contributed by atoms with Crippen LogP contribution < -0.4 is 9.44 Å². The van der Waals surface area contributed by atoms with Crippen LogP contribution in [0.4, 0.5) is 8.78 Å². The molecule has 0 heterocycles. The molecule has 0 atom stereocenters. The fraction of sp³-hybridized carbons (Fsp3) is 0.200. The zero-order valence-corrected chi connectivity index (χ0v) is 14.8. The average molecular weight is 390 g/mol. The molecule has 0 unspecified atom stereocenters. The molecule has 2 N–H and O–H groups in total. The third kappa shape index (κ3) is 5.05. The molecule has 0 saturated heterocycles. The quantitative estimate of drug-likeness (QED) is 0.749. The summed E-state index contributed by atoms with van der Waals surface area (Å²) in [6.45, 7) is -0.198. The average Bonchev–Trinajstić information content (AvgIpc) is 2.56. The molecule has 0 aliphatic carbocycles. The lowest BCUT2D eigenvalue weighted by Gasteiger charge is -2.11. The summed E-state index contributed by atoms with van der Waals surface area (Å²) < 4.78 is 78.3. The van der Waals surface area contributed by atoms with E-state index in [1.165, 1.54) is 7.05 Å². The van der Waals surface area contributed by atoms with Crippen molar-refractivity contribution in [2.75, 3.05) is 7.05 Å². The fourth-order valence-corrected chi connectivity index (χ4v) is 3.90. The van der Waals surface area contributed by atoms with Crippen LogP contribution in [0.5, 0.6) is 0 Å². The molecule has 0 radical (unpaired) electrons. The van der Waals surface area contributed by atoms with Gasteiger partial charge in [0.15, 0.2) is 11.6 Å². The van der Waals surface area contributed by atoms with Crippen LogP contribution in [0.15, 0.2) is 47.4 Å². The Morgan fingerprint density at radius 1 is 0.920 bits per heavy atom. The first-order chi connectivity index (χ1) is 11.6. The third-order valence-electron chi connectivity index (χ3n) is 3.43. The van der Waals surface area contributed by atoms with Crippen molar-refractivity contribution in [3.63, 3.8) is 0 Å². The molecular weight excluding hydrogens is 374 g/mol. The van der Waals surface area contributed by atoms with Gasteiger partial charge in [0.2, 0.25) is 20.0 Å². The number of benzene rings is 2. The zero-order chi connectivity index (χ0) is 18.7. The Morgan fingerprint density at radius 3 is 2.16 bits per heavy atom. The van der Waals surface area contributed by atoms with Gasteiger partial charge in [-0.1, -0.05) is 24.3 Å². The predicted octanol–water partition coefficient (Wildman–Crippen LogP) is 1.49. The number of halogens is 2. The molecule has 0 aliphatic heterocycles. The Labute approximate surface area is 145 Å². The summed E-state index contributed by atoms with van der Waals surface area (Å²) in [6.07, 6.45) is 0. The second-order valence-electron chi connectivity index (χ2n) is 5.13. The number of hydrogen-bond acceptors (Lipinski definition) is 4. The molecule has 0 aliphatic rings. The number of sulfonamides is 2. The largest absolute Gasteiger partial charge is 0.240 e. The van der Waals surface area contributed by atoms with Crippen LogP contribution in [0.3, 0.4) is 0 Å². The van der Waals surface area contributed by atoms with E-state index in [2.05, 4.69) is 9.44 Å². The molecular formula is C15H16F2N2O4S2. The van der Waals surface area contributed by atoms with Gasteiger partial charge in [-0.05, 0) is 36.4 Å². The maximum Gasteiger partial charge on any atom is 0.240 e. The van der Waals surface area contributed by atoms with Crippen molar-refractivity contribution in [1.82, 2.24) is 9.44 Å². The molecule has 136 valence electrons. The van der Waals surface area contributed by atoms with Crippen LogP contribution in [0.1, 0.15) is 11.1 Å². The SMILES string of the molecule is CNS(=O)(=O)Cc1ccccc1CNS(=O)(=O)c1ccc(F)c(F)c1. The molecule has 6 nitrogen and oxygen atoms in total. The van der Waals surface area contributed by atoms with Gasteiger partial charge in [0.05, 0.1) is 10.6 Å². The lowest BCUT2D eigenvalue weighted by molar-refractivity contribution is 0.504. The molecule has 0 bridgehead atoms. The van der Waals surface area contributed by atoms with E-state index in [9.17, 15) is 25.6 Å². The van der Waals surface area contributed by atoms with E-state index in [4.69, 9.17) is 0 Å². The summed E-state index contributed by atoms with van der Waals surface area (Å²) in [4.78, 5) is -0.424. The van der Waals surface area contributed by atoms with Crippen molar-refractivity contribution in [3.8, 4) is 0 Å². The maximum absolute atomic E-state index is 13.2. The predicted molar refractivity (Wildman–Crippen MR) is 88.5 cm³/mol. The highest BCUT2D eigenvalue weighted by atomic mass is 32.2. The zero-order valence-electron chi connectivity index (χ0n) is 13.2. The monoisotopic (exact) mass is 390 g/mol. The summed E-state index contributed by atoms with van der Waals surface area (Å²) in [5, 5.41) is 0. The molecule has 0 saturated carbocycles. The molecule has 0 fully saturated rings. The summed E-state index contributed by atoms with van der Waals surface area (Å²) in [7, 11) is -6.33. The molecule has 0 aromatic heterocycles. The lowest BCUT2D eigenvalue weighted by atomic mass is 10.1. The first-order valence-electron chi connectivity index (χ1n) is 7.07. The van der Waals surface area contributed by atoms with Crippen molar-refractivity contribution >= 4 is 20.0 Å². The van der Waals surface area contributed by atoms with E-state index >= 15 is 0 Å². The minimum Gasteiger partial charge on any atom is -0.218 e. The van der Waals surface area contributed by atoms with E-state index < -0.39 is 36.6 Å². The van der Waals surface area contributed by atoms with E-state index in [0.717, 1.165) is 12.1 Å². The summed E-state index contributed by atoms with van der Waals surface area (Å²) >= 11 is 0. The topological polar surface area (TPSA) is 92.3 Å². The van der Waals surface area contributed by atoms with E-state index in [0.29, 0.717) is 17.2 Å². The highest BCUT2D eigenvalue weighted by molar-refractivity contribution is 7.89. The number of rotatable bonds is 7. The molecule has 2 aromatic rings. The highest BCUT2D eigenvalue weighted by Crippen LogP contribution is 2.16. The van der Waals surface area contributed by atoms with Gasteiger partial charge in [0.25, 0.3) is 0 Å². The molecule has 2 rings (SSSR count). The molecule has 10 heteroatoms. The van der Waals surface area contributed by atoms with Crippen LogP contribution in [0.2, 0.25) is 0 Å². The van der Waals surface area contributed by atoms with Crippen molar-refractivity contribution in [3.05, 3.63) is 65.2 Å². The minimum atomic E-state index is -4.09. The first-order valence-corrected chi connectivity index (χ1v) is 10.2. The van der Waals surface area contributed by atoms with Crippen LogP contribution in [0.25, 0.3) is 0 Å². The number of nitrogens with one attached hydrogen (secondary N) is 2. The Bertz CT molecular complexity index is 977. The van der Waals surface area contributed by atoms with Gasteiger partial charge in [-0.15, -0.1) is 0 Å². The maximum atomic E-state index is 13.2. The van der Waals surface area contributed by atoms with Gasteiger partial charge in [0.1, 0.15) is 0 Å². The van der Waals surface area contributed by atoms with Gasteiger partial charge in [-0.25, -0.2) is 35.1 Å². The third-order valence-corrected chi connectivity index (χ3v) is 6.14. The molecule has 25 heavy (non-hydrogen) atoms. The van der Waals surface area contributed by atoms with E-state index in [1.54, 1.807) is 24.3 Å². The standard InChI is InChI=1S/C15H16F2N2O4S2/c1-18-24(20,21)10-12-5-3-2-4-11(12)9-19-25(22,23)13-6-7-14(16)15(17)8-13/h2-8,18-19H,9-10H2,1H3. The Morgan fingerprint density at radius 2 is 1.56 bits per heavy atom. The Hall–Kier alpha value is -1.88. The number of hydrogen-bond donors (Lipinski definition) is 2. The minimum absolute atomic E-state index is 0.198. The normalized spacial score (nSPS) is 12.3. The highest BCUT2D eigenvalue weighted by Gasteiger charge is 2.18. The second-order valence-corrected chi connectivity index (χ2v) is 8.83. The summed E-state index contributed by atoms with van der Waals surface area (Å²) in [5.74, 6) is -2.74. The van der Waals surface area contributed by atoms with Gasteiger partial charge in [-0.3, -0.25) is 0 Å². The van der Waals surface area contributed by atoms with Gasteiger partial charge in [0, 0.05) is 6.54 Å². The summed E-state index contributed by atoms with van der Waals surface area (Å²) in [6, 6.07) is 8.65.